The van der Waals surface area contributed by atoms with Crippen LogP contribution in [0.4, 0.5) is 5.69 Å². The van der Waals surface area contributed by atoms with Crippen molar-refractivity contribution < 1.29 is 13.2 Å². The van der Waals surface area contributed by atoms with Gasteiger partial charge in [0.1, 0.15) is 5.75 Å². The molecule has 6 heteroatoms. The van der Waals surface area contributed by atoms with Gasteiger partial charge in [0.2, 0.25) is 0 Å². The fraction of sp³-hybridized carbons (Fsp3) is 0.105. The highest BCUT2D eigenvalue weighted by atomic mass is 32.2. The summed E-state index contributed by atoms with van der Waals surface area (Å²) < 4.78 is 33.8. The van der Waals surface area contributed by atoms with E-state index in [4.69, 9.17) is 10.00 Å². The van der Waals surface area contributed by atoms with Crippen molar-refractivity contribution in [3.8, 4) is 11.8 Å². The molecular weight excluding hydrogens is 336 g/mol. The number of hydrogen-bond acceptors (Lipinski definition) is 4. The fourth-order valence-corrected chi connectivity index (χ4v) is 3.85. The maximum atomic E-state index is 12.8. The average Bonchev–Trinajstić information content (AvgIpc) is 2.62. The van der Waals surface area contributed by atoms with Crippen LogP contribution in [0.5, 0.6) is 5.75 Å². The van der Waals surface area contributed by atoms with Crippen molar-refractivity contribution in [3.05, 3.63) is 66.2 Å². The number of hydrogen-bond donors (Lipinski definition) is 1. The largest absolute Gasteiger partial charge is 0.493 e. The molecule has 0 fully saturated rings. The number of fused-ring (bicyclic) bond motifs is 1. The monoisotopic (exact) mass is 352 g/mol. The molecule has 0 amide bonds. The Labute approximate surface area is 146 Å². The van der Waals surface area contributed by atoms with Crippen molar-refractivity contribution in [3.63, 3.8) is 0 Å². The molecule has 126 valence electrons. The average molecular weight is 352 g/mol. The summed E-state index contributed by atoms with van der Waals surface area (Å²) in [5.74, 6) is 0.649. The van der Waals surface area contributed by atoms with Gasteiger partial charge in [0.15, 0.2) is 0 Å². The van der Waals surface area contributed by atoms with E-state index >= 15 is 0 Å². The molecule has 0 spiro atoms. The lowest BCUT2D eigenvalue weighted by molar-refractivity contribution is 0.344. The van der Waals surface area contributed by atoms with Crippen LogP contribution in [0.3, 0.4) is 0 Å². The second-order valence-electron chi connectivity index (χ2n) is 5.34. The first-order valence-electron chi connectivity index (χ1n) is 7.72. The second-order valence-corrected chi connectivity index (χ2v) is 6.99. The molecule has 0 heterocycles. The molecule has 0 aromatic heterocycles. The summed E-state index contributed by atoms with van der Waals surface area (Å²) in [6.45, 7) is 2.38. The van der Waals surface area contributed by atoms with Crippen molar-refractivity contribution in [2.24, 2.45) is 0 Å². The molecule has 0 aliphatic heterocycles. The highest BCUT2D eigenvalue weighted by molar-refractivity contribution is 7.93. The third-order valence-electron chi connectivity index (χ3n) is 3.70. The van der Waals surface area contributed by atoms with Crippen LogP contribution in [0.2, 0.25) is 0 Å². The molecule has 0 radical (unpaired) electrons. The zero-order valence-electron chi connectivity index (χ0n) is 13.6. The predicted octanol–water partition coefficient (Wildman–Crippen LogP) is 3.91. The van der Waals surface area contributed by atoms with Crippen molar-refractivity contribution in [2.45, 2.75) is 11.8 Å². The number of benzene rings is 3. The molecule has 5 nitrogen and oxygen atoms in total. The third-order valence-corrected chi connectivity index (χ3v) is 5.14. The number of ether oxygens (including phenoxy) is 1. The number of nitriles is 1. The van der Waals surface area contributed by atoms with Crippen LogP contribution in [-0.4, -0.2) is 15.0 Å². The van der Waals surface area contributed by atoms with E-state index in [-0.39, 0.29) is 4.90 Å². The van der Waals surface area contributed by atoms with Gasteiger partial charge in [0.05, 0.1) is 23.1 Å². The van der Waals surface area contributed by atoms with Crippen molar-refractivity contribution in [1.29, 1.82) is 5.26 Å². The minimum atomic E-state index is -3.78. The number of rotatable bonds is 5. The number of anilines is 1. The molecule has 0 saturated heterocycles. The Hall–Kier alpha value is -3.04. The van der Waals surface area contributed by atoms with Crippen LogP contribution < -0.4 is 9.46 Å². The van der Waals surface area contributed by atoms with Crippen LogP contribution >= 0.6 is 0 Å². The Morgan fingerprint density at radius 2 is 1.68 bits per heavy atom. The summed E-state index contributed by atoms with van der Waals surface area (Å²) in [6.07, 6.45) is 0. The van der Waals surface area contributed by atoms with Gasteiger partial charge >= 0.3 is 0 Å². The van der Waals surface area contributed by atoms with Gasteiger partial charge in [-0.2, -0.15) is 5.26 Å². The number of sulfonamides is 1. The van der Waals surface area contributed by atoms with Gasteiger partial charge < -0.3 is 4.74 Å². The lowest BCUT2D eigenvalue weighted by atomic mass is 10.1. The Morgan fingerprint density at radius 3 is 2.32 bits per heavy atom. The van der Waals surface area contributed by atoms with E-state index in [1.165, 1.54) is 0 Å². The SMILES string of the molecule is CCOc1ccc(S(=O)(=O)Nc2ccc(C#N)cc2)c2ccccc12. The summed E-state index contributed by atoms with van der Waals surface area (Å²) in [5, 5.41) is 10.2. The van der Waals surface area contributed by atoms with Gasteiger partial charge in [-0.3, -0.25) is 4.72 Å². The molecule has 0 aliphatic carbocycles. The predicted molar refractivity (Wildman–Crippen MR) is 97.1 cm³/mol. The van der Waals surface area contributed by atoms with Gasteiger partial charge in [-0.15, -0.1) is 0 Å². The highest BCUT2D eigenvalue weighted by Crippen LogP contribution is 2.32. The Balaban J connectivity index is 2.05. The molecule has 1 N–H and O–H groups in total. The maximum absolute atomic E-state index is 12.8. The molecule has 3 aromatic rings. The standard InChI is InChI=1S/C19H16N2O3S/c1-2-24-18-11-12-19(17-6-4-3-5-16(17)18)25(22,23)21-15-9-7-14(13-20)8-10-15/h3-12,21H,2H2,1H3. The van der Waals surface area contributed by atoms with Crippen LogP contribution in [-0.2, 0) is 10.0 Å². The van der Waals surface area contributed by atoms with Crippen LogP contribution in [0.1, 0.15) is 12.5 Å². The lowest BCUT2D eigenvalue weighted by Crippen LogP contribution is -2.13. The summed E-state index contributed by atoms with van der Waals surface area (Å²) >= 11 is 0. The van der Waals surface area contributed by atoms with Crippen LogP contribution in [0.15, 0.2) is 65.6 Å². The molecule has 3 aromatic carbocycles. The minimum absolute atomic E-state index is 0.177. The minimum Gasteiger partial charge on any atom is -0.493 e. The van der Waals surface area contributed by atoms with Crippen molar-refractivity contribution in [2.75, 3.05) is 11.3 Å². The summed E-state index contributed by atoms with van der Waals surface area (Å²) in [4.78, 5) is 0.177. The topological polar surface area (TPSA) is 79.2 Å². The Kier molecular flexibility index (Phi) is 4.59. The molecule has 0 atom stereocenters. The van der Waals surface area contributed by atoms with Crippen molar-refractivity contribution >= 4 is 26.5 Å². The Morgan fingerprint density at radius 1 is 1.00 bits per heavy atom. The van der Waals surface area contributed by atoms with Gasteiger partial charge in [-0.05, 0) is 43.3 Å². The van der Waals surface area contributed by atoms with E-state index in [2.05, 4.69) is 4.72 Å². The van der Waals surface area contributed by atoms with E-state index in [1.807, 2.05) is 25.1 Å². The zero-order chi connectivity index (χ0) is 17.9. The molecule has 25 heavy (non-hydrogen) atoms. The first kappa shape index (κ1) is 16.8. The Bertz CT molecular complexity index is 1050. The second kappa shape index (κ2) is 6.83. The summed E-state index contributed by atoms with van der Waals surface area (Å²) in [7, 11) is -3.78. The van der Waals surface area contributed by atoms with Gasteiger partial charge in [0, 0.05) is 16.5 Å². The van der Waals surface area contributed by atoms with E-state index in [9.17, 15) is 8.42 Å². The van der Waals surface area contributed by atoms with E-state index in [0.29, 0.717) is 29.0 Å². The quantitative estimate of drug-likeness (QED) is 0.755. The van der Waals surface area contributed by atoms with Crippen LogP contribution in [0.25, 0.3) is 10.8 Å². The first-order chi connectivity index (χ1) is 12.0. The first-order valence-corrected chi connectivity index (χ1v) is 9.21. The van der Waals surface area contributed by atoms with Gasteiger partial charge in [-0.25, -0.2) is 8.42 Å². The molecular formula is C19H16N2O3S. The molecule has 0 bridgehead atoms. The maximum Gasteiger partial charge on any atom is 0.262 e. The van der Waals surface area contributed by atoms with Crippen LogP contribution in [0, 0.1) is 11.3 Å². The highest BCUT2D eigenvalue weighted by Gasteiger charge is 2.19. The molecule has 0 saturated carbocycles. The molecule has 0 aliphatic rings. The fourth-order valence-electron chi connectivity index (χ4n) is 2.58. The number of nitrogens with zero attached hydrogens (tertiary/aromatic N) is 1. The third kappa shape index (κ3) is 3.42. The number of nitrogens with one attached hydrogen (secondary N) is 1. The normalized spacial score (nSPS) is 11.0. The van der Waals surface area contributed by atoms with Gasteiger partial charge in [-0.1, -0.05) is 24.3 Å². The van der Waals surface area contributed by atoms with E-state index < -0.39 is 10.0 Å². The van der Waals surface area contributed by atoms with E-state index in [0.717, 1.165) is 5.39 Å². The lowest BCUT2D eigenvalue weighted by Gasteiger charge is -2.13. The summed E-state index contributed by atoms with van der Waals surface area (Å²) in [5.41, 5.74) is 0.867. The summed E-state index contributed by atoms with van der Waals surface area (Å²) in [6, 6.07) is 18.7. The van der Waals surface area contributed by atoms with Crippen molar-refractivity contribution in [1.82, 2.24) is 0 Å². The molecule has 3 rings (SSSR count). The zero-order valence-corrected chi connectivity index (χ0v) is 14.4. The molecule has 0 unspecified atom stereocenters. The van der Waals surface area contributed by atoms with Gasteiger partial charge in [0.25, 0.3) is 10.0 Å². The van der Waals surface area contributed by atoms with E-state index in [1.54, 1.807) is 48.5 Å². The smallest absolute Gasteiger partial charge is 0.262 e.